The third-order valence-corrected chi connectivity index (χ3v) is 2.72. The Balaban J connectivity index is 2.77. The van der Waals surface area contributed by atoms with Crippen LogP contribution >= 0.6 is 15.9 Å². The van der Waals surface area contributed by atoms with Crippen LogP contribution in [-0.4, -0.2) is 32.6 Å². The summed E-state index contributed by atoms with van der Waals surface area (Å²) in [5, 5.41) is 0. The second-order valence-corrected chi connectivity index (χ2v) is 4.53. The Morgan fingerprint density at radius 1 is 1.40 bits per heavy atom. The van der Waals surface area contributed by atoms with Crippen molar-refractivity contribution in [3.05, 3.63) is 34.3 Å². The first-order chi connectivity index (χ1) is 9.62. The molecule has 0 aromatic heterocycles. The Morgan fingerprint density at radius 2 is 2.15 bits per heavy atom. The zero-order valence-electron chi connectivity index (χ0n) is 11.2. The van der Waals surface area contributed by atoms with Crippen molar-refractivity contribution in [1.29, 1.82) is 0 Å². The van der Waals surface area contributed by atoms with Gasteiger partial charge in [0.1, 0.15) is 6.61 Å². The van der Waals surface area contributed by atoms with Crippen LogP contribution in [0.4, 0.5) is 0 Å². The van der Waals surface area contributed by atoms with Crippen molar-refractivity contribution < 1.29 is 23.8 Å². The Labute approximate surface area is 125 Å². The molecule has 5 nitrogen and oxygen atoms in total. The van der Waals surface area contributed by atoms with E-state index in [1.54, 1.807) is 19.1 Å². The number of carbonyl (C=O) groups excluding carboxylic acids is 2. The minimum atomic E-state index is -0.436. The Morgan fingerprint density at radius 3 is 2.75 bits per heavy atom. The second-order valence-electron chi connectivity index (χ2n) is 3.61. The number of carbonyl (C=O) groups is 2. The Kier molecular flexibility index (Phi) is 6.79. The van der Waals surface area contributed by atoms with Gasteiger partial charge in [0, 0.05) is 10.5 Å². The van der Waals surface area contributed by atoms with Crippen LogP contribution in [0, 0.1) is 0 Å². The number of methoxy groups -OCH3 is 1. The van der Waals surface area contributed by atoms with Crippen molar-refractivity contribution in [3.8, 4) is 11.5 Å². The molecule has 0 bridgehead atoms. The molecule has 0 amide bonds. The topological polar surface area (TPSA) is 61.8 Å². The van der Waals surface area contributed by atoms with Gasteiger partial charge in [-0.2, -0.15) is 0 Å². The van der Waals surface area contributed by atoms with Crippen LogP contribution in [0.3, 0.4) is 0 Å². The van der Waals surface area contributed by atoms with E-state index in [1.165, 1.54) is 19.3 Å². The first-order valence-electron chi connectivity index (χ1n) is 5.91. The van der Waals surface area contributed by atoms with E-state index in [0.717, 1.165) is 0 Å². The van der Waals surface area contributed by atoms with E-state index >= 15 is 0 Å². The lowest BCUT2D eigenvalue weighted by Gasteiger charge is -2.11. The molecule has 0 unspecified atom stereocenters. The lowest BCUT2D eigenvalue weighted by Crippen LogP contribution is -2.03. The first-order valence-corrected chi connectivity index (χ1v) is 6.70. The van der Waals surface area contributed by atoms with E-state index < -0.39 is 5.97 Å². The van der Waals surface area contributed by atoms with E-state index in [0.29, 0.717) is 34.4 Å². The number of hydrogen-bond acceptors (Lipinski definition) is 5. The SMILES string of the molecule is CCOC(=O)C=CCOc1c(C=O)cc(Br)cc1OC. The van der Waals surface area contributed by atoms with E-state index in [9.17, 15) is 9.59 Å². The van der Waals surface area contributed by atoms with Crippen LogP contribution in [0.5, 0.6) is 11.5 Å². The van der Waals surface area contributed by atoms with Crippen LogP contribution in [0.25, 0.3) is 0 Å². The van der Waals surface area contributed by atoms with Gasteiger partial charge >= 0.3 is 5.97 Å². The van der Waals surface area contributed by atoms with Crippen LogP contribution in [0.2, 0.25) is 0 Å². The van der Waals surface area contributed by atoms with Gasteiger partial charge in [-0.05, 0) is 25.1 Å². The summed E-state index contributed by atoms with van der Waals surface area (Å²) in [6, 6.07) is 3.32. The molecule has 0 fully saturated rings. The molecule has 0 saturated heterocycles. The Bertz CT molecular complexity index is 511. The average Bonchev–Trinajstić information content (AvgIpc) is 2.44. The van der Waals surface area contributed by atoms with Crippen molar-refractivity contribution in [2.24, 2.45) is 0 Å². The Hall–Kier alpha value is -1.82. The number of rotatable bonds is 7. The molecule has 1 aromatic rings. The minimum Gasteiger partial charge on any atom is -0.493 e. The van der Waals surface area contributed by atoms with Gasteiger partial charge in [-0.15, -0.1) is 0 Å². The van der Waals surface area contributed by atoms with E-state index in [2.05, 4.69) is 15.9 Å². The lowest BCUT2D eigenvalue weighted by atomic mass is 10.2. The van der Waals surface area contributed by atoms with Gasteiger partial charge in [0.15, 0.2) is 17.8 Å². The summed E-state index contributed by atoms with van der Waals surface area (Å²) in [7, 11) is 1.48. The fourth-order valence-electron chi connectivity index (χ4n) is 1.45. The summed E-state index contributed by atoms with van der Waals surface area (Å²) in [6.07, 6.45) is 3.46. The van der Waals surface area contributed by atoms with Gasteiger partial charge in [-0.25, -0.2) is 4.79 Å². The molecule has 108 valence electrons. The molecular weight excluding hydrogens is 328 g/mol. The molecule has 6 heteroatoms. The highest BCUT2D eigenvalue weighted by molar-refractivity contribution is 9.10. The maximum absolute atomic E-state index is 11.1. The third-order valence-electron chi connectivity index (χ3n) is 2.26. The van der Waals surface area contributed by atoms with Crippen LogP contribution in [0.1, 0.15) is 17.3 Å². The highest BCUT2D eigenvalue weighted by Gasteiger charge is 2.11. The number of hydrogen-bond donors (Lipinski definition) is 0. The standard InChI is InChI=1S/C14H15BrO5/c1-3-19-13(17)5-4-6-20-14-10(9-16)7-11(15)8-12(14)18-2/h4-5,7-9H,3,6H2,1-2H3. The predicted molar refractivity (Wildman–Crippen MR) is 77.3 cm³/mol. The molecule has 0 N–H and O–H groups in total. The third kappa shape index (κ3) is 4.70. The number of aldehydes is 1. The van der Waals surface area contributed by atoms with Gasteiger partial charge in [-0.3, -0.25) is 4.79 Å². The summed E-state index contributed by atoms with van der Waals surface area (Å²) in [5.74, 6) is 0.333. The molecule has 0 heterocycles. The molecule has 20 heavy (non-hydrogen) atoms. The van der Waals surface area contributed by atoms with Gasteiger partial charge in [0.2, 0.25) is 0 Å². The van der Waals surface area contributed by atoms with Crippen LogP contribution < -0.4 is 9.47 Å². The molecule has 0 aliphatic heterocycles. The zero-order valence-corrected chi connectivity index (χ0v) is 12.8. The molecule has 1 aromatic carbocycles. The highest BCUT2D eigenvalue weighted by atomic mass is 79.9. The highest BCUT2D eigenvalue weighted by Crippen LogP contribution is 2.33. The molecule has 0 saturated carbocycles. The van der Waals surface area contributed by atoms with Crippen LogP contribution in [0.15, 0.2) is 28.8 Å². The molecule has 0 aliphatic carbocycles. The largest absolute Gasteiger partial charge is 0.493 e. The first kappa shape index (κ1) is 16.2. The normalized spacial score (nSPS) is 10.3. The fraction of sp³-hybridized carbons (Fsp3) is 0.286. The van der Waals surface area contributed by atoms with Gasteiger partial charge in [0.25, 0.3) is 0 Å². The molecule has 0 aliphatic rings. The number of ether oxygens (including phenoxy) is 3. The summed E-state index contributed by atoms with van der Waals surface area (Å²) in [6.45, 7) is 2.17. The van der Waals surface area contributed by atoms with Gasteiger partial charge in [-0.1, -0.05) is 15.9 Å². The monoisotopic (exact) mass is 342 g/mol. The average molecular weight is 343 g/mol. The lowest BCUT2D eigenvalue weighted by molar-refractivity contribution is -0.137. The molecule has 0 spiro atoms. The maximum atomic E-state index is 11.1. The zero-order chi connectivity index (χ0) is 15.0. The van der Waals surface area contributed by atoms with Gasteiger partial charge < -0.3 is 14.2 Å². The van der Waals surface area contributed by atoms with Crippen molar-refractivity contribution >= 4 is 28.2 Å². The second kappa shape index (κ2) is 8.37. The summed E-state index contributed by atoms with van der Waals surface area (Å²) in [4.78, 5) is 22.1. The summed E-state index contributed by atoms with van der Waals surface area (Å²) >= 11 is 3.28. The minimum absolute atomic E-state index is 0.123. The fourth-order valence-corrected chi connectivity index (χ4v) is 1.90. The molecule has 1 rings (SSSR count). The smallest absolute Gasteiger partial charge is 0.330 e. The van der Waals surface area contributed by atoms with E-state index in [1.807, 2.05) is 0 Å². The molecule has 0 atom stereocenters. The predicted octanol–water partition coefficient (Wildman–Crippen LogP) is 2.77. The van der Waals surface area contributed by atoms with E-state index in [4.69, 9.17) is 14.2 Å². The number of esters is 1. The maximum Gasteiger partial charge on any atom is 0.330 e. The number of halogens is 1. The molecular formula is C14H15BrO5. The van der Waals surface area contributed by atoms with Crippen molar-refractivity contribution in [3.63, 3.8) is 0 Å². The van der Waals surface area contributed by atoms with Crippen molar-refractivity contribution in [1.82, 2.24) is 0 Å². The van der Waals surface area contributed by atoms with E-state index in [-0.39, 0.29) is 6.61 Å². The van der Waals surface area contributed by atoms with Gasteiger partial charge in [0.05, 0.1) is 19.3 Å². The molecule has 0 radical (unpaired) electrons. The summed E-state index contributed by atoms with van der Waals surface area (Å²) in [5.41, 5.74) is 0.362. The summed E-state index contributed by atoms with van der Waals surface area (Å²) < 4.78 is 16.1. The number of benzene rings is 1. The van der Waals surface area contributed by atoms with Crippen molar-refractivity contribution in [2.75, 3.05) is 20.3 Å². The quantitative estimate of drug-likeness (QED) is 0.433. The van der Waals surface area contributed by atoms with Crippen LogP contribution in [-0.2, 0) is 9.53 Å². The van der Waals surface area contributed by atoms with Crippen molar-refractivity contribution in [2.45, 2.75) is 6.92 Å².